The first kappa shape index (κ1) is 38.7. The maximum Gasteiger partial charge on any atom is 0.269 e. The number of hydrogen-bond donors (Lipinski definition) is 2. The van der Waals surface area contributed by atoms with Gasteiger partial charge in [-0.25, -0.2) is 26.9 Å². The maximum absolute atomic E-state index is 13.7. The van der Waals surface area contributed by atoms with E-state index in [0.29, 0.717) is 29.0 Å². The number of carbonyl (C=O) groups excluding carboxylic acids is 1. The molecule has 3 rings (SSSR count). The molecular formula is C31H49F5N4O4SSi. The van der Waals surface area contributed by atoms with Crippen molar-refractivity contribution in [3.63, 3.8) is 0 Å². The number of ether oxygens (including phenoxy) is 2. The molecule has 1 heterocycles. The standard InChI is InChI=1S/C31H49F5N4O4SSi/c1-20(37-26(41)13-21-15-31(35,36)16-21)22-9-10-25-23(14-22)38-27(40(25)19-43-11-12-46(6,7)8)24(39-45(42)29(2,3)4)17-44-30(5,18-32)28(33)34/h9-10,14,20-21,24,28,39H,11-13,15-19H2,1-8H3,(H,37,41)/t20-,24+,30?,45?/m1/s1. The van der Waals surface area contributed by atoms with Gasteiger partial charge >= 0.3 is 0 Å². The molecule has 46 heavy (non-hydrogen) atoms. The molecule has 1 saturated carbocycles. The Hall–Kier alpha value is -1.78. The van der Waals surface area contributed by atoms with E-state index >= 15 is 0 Å². The summed E-state index contributed by atoms with van der Waals surface area (Å²) in [6.07, 6.45) is -3.66. The largest absolute Gasteiger partial charge is 0.598 e. The zero-order chi connectivity index (χ0) is 34.7. The Bertz CT molecular complexity index is 1310. The van der Waals surface area contributed by atoms with E-state index in [4.69, 9.17) is 14.5 Å². The summed E-state index contributed by atoms with van der Waals surface area (Å²) >= 11 is -1.68. The highest BCUT2D eigenvalue weighted by Crippen LogP contribution is 2.44. The van der Waals surface area contributed by atoms with Crippen LogP contribution in [0.4, 0.5) is 22.0 Å². The van der Waals surface area contributed by atoms with Crippen molar-refractivity contribution in [3.05, 3.63) is 29.6 Å². The molecule has 2 N–H and O–H groups in total. The van der Waals surface area contributed by atoms with Gasteiger partial charge in [-0.1, -0.05) is 25.7 Å². The third-order valence-corrected chi connectivity index (χ3v) is 11.3. The summed E-state index contributed by atoms with van der Waals surface area (Å²) in [4.78, 5) is 17.4. The Morgan fingerprint density at radius 3 is 2.41 bits per heavy atom. The van der Waals surface area contributed by atoms with Crippen LogP contribution in [-0.4, -0.2) is 70.7 Å². The summed E-state index contributed by atoms with van der Waals surface area (Å²) in [5.41, 5.74) is -0.532. The van der Waals surface area contributed by atoms with Crippen molar-refractivity contribution < 1.29 is 40.8 Å². The summed E-state index contributed by atoms with van der Waals surface area (Å²) in [5.74, 6) is -3.07. The first-order valence-electron chi connectivity index (χ1n) is 15.6. The maximum atomic E-state index is 13.7. The van der Waals surface area contributed by atoms with Gasteiger partial charge in [-0.15, -0.1) is 4.72 Å². The second kappa shape index (κ2) is 15.2. The fourth-order valence-corrected chi connectivity index (χ4v) is 6.39. The third kappa shape index (κ3) is 10.6. The van der Waals surface area contributed by atoms with Crippen molar-refractivity contribution in [2.45, 2.75) is 121 Å². The minimum Gasteiger partial charge on any atom is -0.598 e. The molecule has 2 unspecified atom stereocenters. The normalized spacial score (nSPS) is 19.1. The van der Waals surface area contributed by atoms with Crippen LogP contribution in [0.2, 0.25) is 25.7 Å². The third-order valence-electron chi connectivity index (χ3n) is 7.97. The Labute approximate surface area is 272 Å². The summed E-state index contributed by atoms with van der Waals surface area (Å²) in [5, 5.41) is 2.87. The van der Waals surface area contributed by atoms with Gasteiger partial charge in [-0.3, -0.25) is 4.79 Å². The number of benzene rings is 1. The van der Waals surface area contributed by atoms with Crippen LogP contribution in [0.1, 0.15) is 77.4 Å². The van der Waals surface area contributed by atoms with Gasteiger partial charge in [-0.05, 0) is 64.3 Å². The van der Waals surface area contributed by atoms with E-state index in [1.807, 2.05) is 0 Å². The van der Waals surface area contributed by atoms with E-state index in [1.165, 1.54) is 0 Å². The van der Waals surface area contributed by atoms with Crippen molar-refractivity contribution in [2.75, 3.05) is 19.9 Å². The van der Waals surface area contributed by atoms with Gasteiger partial charge in [-0.2, -0.15) is 0 Å². The predicted molar refractivity (Wildman–Crippen MR) is 173 cm³/mol. The number of aromatic nitrogens is 2. The SMILES string of the molecule is C[C@@H](NC(=O)CC1CC(F)(F)C1)c1ccc2c(c1)nc([C@H](COC(C)(CF)C(F)F)N[S+]([O-])C(C)(C)C)n2COCC[Si](C)(C)C. The molecule has 262 valence electrons. The lowest BCUT2D eigenvalue weighted by Gasteiger charge is -2.34. The number of amides is 1. The van der Waals surface area contributed by atoms with E-state index in [-0.39, 0.29) is 37.8 Å². The summed E-state index contributed by atoms with van der Waals surface area (Å²) in [7, 11) is -1.41. The molecule has 0 radical (unpaired) electrons. The molecule has 0 saturated heterocycles. The van der Waals surface area contributed by atoms with E-state index in [9.17, 15) is 31.3 Å². The van der Waals surface area contributed by atoms with Crippen LogP contribution >= 0.6 is 0 Å². The molecule has 0 bridgehead atoms. The molecule has 4 atom stereocenters. The molecule has 0 spiro atoms. The van der Waals surface area contributed by atoms with E-state index in [1.54, 1.807) is 50.5 Å². The van der Waals surface area contributed by atoms with Crippen LogP contribution < -0.4 is 10.0 Å². The van der Waals surface area contributed by atoms with Crippen LogP contribution in [0.25, 0.3) is 11.0 Å². The van der Waals surface area contributed by atoms with Gasteiger partial charge in [0.15, 0.2) is 5.60 Å². The second-order valence-corrected chi connectivity index (χ2v) is 22.3. The lowest BCUT2D eigenvalue weighted by Crippen LogP contribution is -2.46. The summed E-state index contributed by atoms with van der Waals surface area (Å²) in [6, 6.07) is 4.82. The number of carbonyl (C=O) groups is 1. The lowest BCUT2D eigenvalue weighted by atomic mass is 9.79. The lowest BCUT2D eigenvalue weighted by molar-refractivity contribution is -0.143. The molecule has 0 aliphatic heterocycles. The number of hydrogen-bond acceptors (Lipinski definition) is 6. The van der Waals surface area contributed by atoms with Gasteiger partial charge in [0.1, 0.15) is 30.0 Å². The van der Waals surface area contributed by atoms with Crippen molar-refractivity contribution in [3.8, 4) is 0 Å². The molecule has 2 aromatic rings. The molecule has 15 heteroatoms. The van der Waals surface area contributed by atoms with E-state index < -0.39 is 67.5 Å². The van der Waals surface area contributed by atoms with Crippen molar-refractivity contribution >= 4 is 36.4 Å². The first-order valence-corrected chi connectivity index (χ1v) is 20.4. The van der Waals surface area contributed by atoms with Crippen molar-refractivity contribution in [2.24, 2.45) is 5.92 Å². The molecule has 1 aromatic heterocycles. The molecule has 8 nitrogen and oxygen atoms in total. The van der Waals surface area contributed by atoms with Gasteiger partial charge in [0.05, 0.1) is 23.7 Å². The van der Waals surface area contributed by atoms with Gasteiger partial charge in [0, 0.05) is 45.3 Å². The number of halogens is 5. The Morgan fingerprint density at radius 1 is 1.22 bits per heavy atom. The number of nitrogens with one attached hydrogen (secondary N) is 2. The first-order chi connectivity index (χ1) is 21.1. The van der Waals surface area contributed by atoms with Gasteiger partial charge < -0.3 is 23.9 Å². The fourth-order valence-electron chi connectivity index (χ4n) is 4.85. The Balaban J connectivity index is 1.95. The molecular weight excluding hydrogens is 648 g/mol. The fraction of sp³-hybridized carbons (Fsp3) is 0.742. The highest BCUT2D eigenvalue weighted by Gasteiger charge is 2.46. The summed E-state index contributed by atoms with van der Waals surface area (Å²) < 4.78 is 96.3. The van der Waals surface area contributed by atoms with Crippen LogP contribution in [0.3, 0.4) is 0 Å². The molecule has 1 amide bonds. The molecule has 1 aromatic carbocycles. The molecule has 1 aliphatic carbocycles. The van der Waals surface area contributed by atoms with Crippen LogP contribution in [0, 0.1) is 5.92 Å². The zero-order valence-electron chi connectivity index (χ0n) is 28.0. The quantitative estimate of drug-likeness (QED) is 0.0795. The molecule has 1 aliphatic rings. The average molecular weight is 697 g/mol. The highest BCUT2D eigenvalue weighted by atomic mass is 32.2. The Morgan fingerprint density at radius 2 is 1.87 bits per heavy atom. The zero-order valence-corrected chi connectivity index (χ0v) is 29.8. The number of rotatable bonds is 17. The van der Waals surface area contributed by atoms with Crippen LogP contribution in [0.15, 0.2) is 18.2 Å². The number of imidazole rings is 1. The minimum absolute atomic E-state index is 0.0182. The molecule has 1 fully saturated rings. The van der Waals surface area contributed by atoms with Crippen LogP contribution in [0.5, 0.6) is 0 Å². The van der Waals surface area contributed by atoms with Gasteiger partial charge in [0.25, 0.3) is 6.43 Å². The van der Waals surface area contributed by atoms with Gasteiger partial charge in [0.2, 0.25) is 11.8 Å². The summed E-state index contributed by atoms with van der Waals surface area (Å²) in [6.45, 7) is 13.3. The number of fused-ring (bicyclic) bond motifs is 1. The van der Waals surface area contributed by atoms with Crippen LogP contribution in [-0.2, 0) is 32.4 Å². The topological polar surface area (TPSA) is 100 Å². The highest BCUT2D eigenvalue weighted by molar-refractivity contribution is 7.90. The van der Waals surface area contributed by atoms with E-state index in [0.717, 1.165) is 13.0 Å². The smallest absolute Gasteiger partial charge is 0.269 e. The number of nitrogens with zero attached hydrogens (tertiary/aromatic N) is 2. The second-order valence-electron chi connectivity index (χ2n) is 14.7. The Kier molecular flexibility index (Phi) is 12.8. The van der Waals surface area contributed by atoms with Crippen molar-refractivity contribution in [1.29, 1.82) is 0 Å². The minimum atomic E-state index is -3.10. The predicted octanol–water partition coefficient (Wildman–Crippen LogP) is 7.06. The average Bonchev–Trinajstić information content (AvgIpc) is 3.28. The monoisotopic (exact) mass is 696 g/mol. The van der Waals surface area contributed by atoms with Crippen molar-refractivity contribution in [1.82, 2.24) is 19.6 Å². The van der Waals surface area contributed by atoms with E-state index in [2.05, 4.69) is 29.7 Å². The number of alkyl halides is 5.